The van der Waals surface area contributed by atoms with Crippen molar-refractivity contribution in [2.45, 2.75) is 0 Å². The quantitative estimate of drug-likeness (QED) is 0.626. The lowest BCUT2D eigenvalue weighted by Gasteiger charge is -2.09. The first kappa shape index (κ1) is 13.3. The minimum Gasteiger partial charge on any atom is -0.493 e. The van der Waals surface area contributed by atoms with Gasteiger partial charge in [0.1, 0.15) is 17.5 Å². The summed E-state index contributed by atoms with van der Waals surface area (Å²) in [5.74, 6) is 0.887. The maximum absolute atomic E-state index is 10.8. The second-order valence-corrected chi connectivity index (χ2v) is 3.68. The molecule has 7 heteroatoms. The van der Waals surface area contributed by atoms with Crippen molar-refractivity contribution >= 4 is 5.69 Å². The van der Waals surface area contributed by atoms with Crippen LogP contribution in [0.1, 0.15) is 5.69 Å². The van der Waals surface area contributed by atoms with Crippen LogP contribution in [0.3, 0.4) is 0 Å². The Labute approximate surface area is 114 Å². The Morgan fingerprint density at radius 1 is 1.30 bits per heavy atom. The van der Waals surface area contributed by atoms with Crippen molar-refractivity contribution in [3.63, 3.8) is 0 Å². The lowest BCUT2D eigenvalue weighted by atomic mass is 10.2. The second-order valence-electron chi connectivity index (χ2n) is 3.68. The fourth-order valence-electron chi connectivity index (χ4n) is 1.52. The summed E-state index contributed by atoms with van der Waals surface area (Å²) in [4.78, 5) is 14.0. The molecular formula is C13H9N3O4. The first-order valence-electron chi connectivity index (χ1n) is 5.50. The number of benzene rings is 1. The smallest absolute Gasteiger partial charge is 0.273 e. The molecule has 0 aliphatic heterocycles. The zero-order chi connectivity index (χ0) is 14.5. The number of rotatable bonds is 4. The Morgan fingerprint density at radius 2 is 2.10 bits per heavy atom. The molecule has 0 atom stereocenters. The van der Waals surface area contributed by atoms with Gasteiger partial charge in [-0.25, -0.2) is 4.98 Å². The van der Waals surface area contributed by atoms with Crippen LogP contribution < -0.4 is 9.47 Å². The lowest BCUT2D eigenvalue weighted by Crippen LogP contribution is -1.94. The topological polar surface area (TPSA) is 98.3 Å². The highest BCUT2D eigenvalue weighted by atomic mass is 16.6. The molecule has 2 rings (SSSR count). The summed E-state index contributed by atoms with van der Waals surface area (Å²) in [6.07, 6.45) is 1.41. The third-order valence-corrected chi connectivity index (χ3v) is 2.43. The molecule has 7 nitrogen and oxygen atoms in total. The van der Waals surface area contributed by atoms with E-state index in [0.717, 1.165) is 0 Å². The van der Waals surface area contributed by atoms with Gasteiger partial charge >= 0.3 is 0 Å². The van der Waals surface area contributed by atoms with Gasteiger partial charge in [0.15, 0.2) is 11.5 Å². The fourth-order valence-corrected chi connectivity index (χ4v) is 1.52. The number of non-ortho nitro benzene ring substituents is 1. The van der Waals surface area contributed by atoms with E-state index in [1.807, 2.05) is 6.07 Å². The lowest BCUT2D eigenvalue weighted by molar-refractivity contribution is -0.384. The predicted molar refractivity (Wildman–Crippen MR) is 68.7 cm³/mol. The second kappa shape index (κ2) is 5.67. The Hall–Kier alpha value is -3.14. The highest BCUT2D eigenvalue weighted by Gasteiger charge is 2.13. The summed E-state index contributed by atoms with van der Waals surface area (Å²) in [7, 11) is 1.43. The van der Waals surface area contributed by atoms with Crippen LogP contribution in [0.2, 0.25) is 0 Å². The molecule has 20 heavy (non-hydrogen) atoms. The van der Waals surface area contributed by atoms with E-state index in [9.17, 15) is 10.1 Å². The van der Waals surface area contributed by atoms with E-state index < -0.39 is 4.92 Å². The highest BCUT2D eigenvalue weighted by molar-refractivity contribution is 5.50. The van der Waals surface area contributed by atoms with Crippen LogP contribution in [0.25, 0.3) is 0 Å². The average molecular weight is 271 g/mol. The van der Waals surface area contributed by atoms with Crippen molar-refractivity contribution in [3.8, 4) is 23.3 Å². The van der Waals surface area contributed by atoms with Crippen molar-refractivity contribution < 1.29 is 14.4 Å². The van der Waals surface area contributed by atoms with E-state index in [2.05, 4.69) is 4.98 Å². The first-order chi connectivity index (χ1) is 9.63. The number of hydrogen-bond donors (Lipinski definition) is 0. The standard InChI is InChI=1S/C13H9N3O4/c1-19-12-3-2-10(16(17)18)7-13(12)20-11-4-5-15-9(6-11)8-14/h2-7H,1H3. The van der Waals surface area contributed by atoms with Crippen molar-refractivity contribution in [2.24, 2.45) is 0 Å². The number of nitriles is 1. The van der Waals surface area contributed by atoms with E-state index in [-0.39, 0.29) is 17.1 Å². The van der Waals surface area contributed by atoms with Crippen LogP contribution in [0.15, 0.2) is 36.5 Å². The van der Waals surface area contributed by atoms with E-state index in [0.29, 0.717) is 11.5 Å². The Bertz CT molecular complexity index is 694. The number of hydrogen-bond acceptors (Lipinski definition) is 6. The molecule has 0 N–H and O–H groups in total. The number of ether oxygens (including phenoxy) is 2. The van der Waals surface area contributed by atoms with Gasteiger partial charge in [0.05, 0.1) is 18.1 Å². The molecule has 0 bridgehead atoms. The molecule has 0 amide bonds. The number of pyridine rings is 1. The highest BCUT2D eigenvalue weighted by Crippen LogP contribution is 2.34. The van der Waals surface area contributed by atoms with Crippen LogP contribution in [0, 0.1) is 21.4 Å². The molecule has 0 spiro atoms. The summed E-state index contributed by atoms with van der Waals surface area (Å²) in [6, 6.07) is 8.87. The molecule has 0 radical (unpaired) electrons. The summed E-state index contributed by atoms with van der Waals surface area (Å²) < 4.78 is 10.6. The van der Waals surface area contributed by atoms with Gasteiger partial charge in [0.25, 0.3) is 5.69 Å². The van der Waals surface area contributed by atoms with Gasteiger partial charge in [-0.15, -0.1) is 0 Å². The molecule has 2 aromatic rings. The van der Waals surface area contributed by atoms with Crippen LogP contribution >= 0.6 is 0 Å². The first-order valence-corrected chi connectivity index (χ1v) is 5.50. The predicted octanol–water partition coefficient (Wildman–Crippen LogP) is 2.66. The molecular weight excluding hydrogens is 262 g/mol. The van der Waals surface area contributed by atoms with Crippen LogP contribution in [-0.2, 0) is 0 Å². The van der Waals surface area contributed by atoms with Gasteiger partial charge in [0, 0.05) is 18.3 Å². The minimum atomic E-state index is -0.528. The summed E-state index contributed by atoms with van der Waals surface area (Å²) in [5, 5.41) is 19.5. The molecule has 0 saturated carbocycles. The van der Waals surface area contributed by atoms with E-state index in [1.165, 1.54) is 37.6 Å². The Balaban J connectivity index is 2.38. The Morgan fingerprint density at radius 3 is 2.75 bits per heavy atom. The van der Waals surface area contributed by atoms with Crippen LogP contribution in [0.5, 0.6) is 17.2 Å². The summed E-state index contributed by atoms with van der Waals surface area (Å²) >= 11 is 0. The molecule has 0 unspecified atom stereocenters. The summed E-state index contributed by atoms with van der Waals surface area (Å²) in [5.41, 5.74) is 0.0715. The Kier molecular flexibility index (Phi) is 3.77. The van der Waals surface area contributed by atoms with Gasteiger partial charge in [-0.3, -0.25) is 10.1 Å². The maximum atomic E-state index is 10.8. The number of methoxy groups -OCH3 is 1. The van der Waals surface area contributed by atoms with Crippen LogP contribution in [0.4, 0.5) is 5.69 Å². The molecule has 1 aromatic carbocycles. The van der Waals surface area contributed by atoms with Gasteiger partial charge in [-0.05, 0) is 12.1 Å². The van der Waals surface area contributed by atoms with E-state index in [4.69, 9.17) is 14.7 Å². The van der Waals surface area contributed by atoms with Crippen molar-refractivity contribution in [1.29, 1.82) is 5.26 Å². The van der Waals surface area contributed by atoms with Crippen LogP contribution in [-0.4, -0.2) is 17.0 Å². The van der Waals surface area contributed by atoms with E-state index in [1.54, 1.807) is 6.07 Å². The molecule has 0 saturated heterocycles. The molecule has 0 fully saturated rings. The molecule has 0 aliphatic carbocycles. The number of nitro groups is 1. The zero-order valence-electron chi connectivity index (χ0n) is 10.4. The maximum Gasteiger partial charge on any atom is 0.273 e. The van der Waals surface area contributed by atoms with Gasteiger partial charge in [-0.1, -0.05) is 0 Å². The number of nitrogens with zero attached hydrogens (tertiary/aromatic N) is 3. The molecule has 1 heterocycles. The van der Waals surface area contributed by atoms with Gasteiger partial charge in [0.2, 0.25) is 0 Å². The monoisotopic (exact) mass is 271 g/mol. The van der Waals surface area contributed by atoms with Crippen molar-refractivity contribution in [3.05, 3.63) is 52.3 Å². The fraction of sp³-hybridized carbons (Fsp3) is 0.0769. The molecule has 100 valence electrons. The largest absolute Gasteiger partial charge is 0.493 e. The van der Waals surface area contributed by atoms with E-state index >= 15 is 0 Å². The number of nitro benzene ring substituents is 1. The normalized spacial score (nSPS) is 9.60. The molecule has 0 aliphatic rings. The van der Waals surface area contributed by atoms with Gasteiger partial charge < -0.3 is 9.47 Å². The van der Waals surface area contributed by atoms with Gasteiger partial charge in [-0.2, -0.15) is 5.26 Å². The molecule has 1 aromatic heterocycles. The average Bonchev–Trinajstić information content (AvgIpc) is 2.47. The minimum absolute atomic E-state index is 0.115. The zero-order valence-corrected chi connectivity index (χ0v) is 10.4. The van der Waals surface area contributed by atoms with Crippen molar-refractivity contribution in [2.75, 3.05) is 7.11 Å². The van der Waals surface area contributed by atoms with Crippen molar-refractivity contribution in [1.82, 2.24) is 4.98 Å². The third kappa shape index (κ3) is 2.81. The SMILES string of the molecule is COc1ccc([N+](=O)[O-])cc1Oc1ccnc(C#N)c1. The number of aromatic nitrogens is 1. The third-order valence-electron chi connectivity index (χ3n) is 2.43. The summed E-state index contributed by atoms with van der Waals surface area (Å²) in [6.45, 7) is 0.